The lowest BCUT2D eigenvalue weighted by Crippen LogP contribution is -3.04. The second kappa shape index (κ2) is 7.50. The number of halogens is 2. The molecule has 4 unspecified atom stereocenters. The summed E-state index contributed by atoms with van der Waals surface area (Å²) in [4.78, 5) is 0. The molecule has 1 rings (SSSR count). The van der Waals surface area contributed by atoms with Crippen LogP contribution < -0.4 is 35.4 Å². The van der Waals surface area contributed by atoms with E-state index in [9.17, 15) is 0 Å². The zero-order chi connectivity index (χ0) is 7.72. The zero-order valence-electron chi connectivity index (χ0n) is 8.22. The lowest BCUT2D eigenvalue weighted by Gasteiger charge is -2.04. The summed E-state index contributed by atoms with van der Waals surface area (Å²) in [5, 5.41) is 2.88. The average molecular weight is 163 g/mol. The van der Waals surface area contributed by atoms with Crippen molar-refractivity contribution in [1.29, 1.82) is 0 Å². The van der Waals surface area contributed by atoms with E-state index in [1.165, 1.54) is 10.6 Å². The molecule has 0 amide bonds. The third-order valence-electron chi connectivity index (χ3n) is 0.667. The molecule has 8 heavy (non-hydrogen) atoms. The van der Waals surface area contributed by atoms with Crippen LogP contribution in [0.5, 0.6) is 0 Å². The summed E-state index contributed by atoms with van der Waals surface area (Å²) < 4.78 is 28.9. The van der Waals surface area contributed by atoms with Crippen molar-refractivity contribution in [2.45, 2.75) is 0 Å². The van der Waals surface area contributed by atoms with Gasteiger partial charge in [0.05, 0.1) is 5.48 Å². The van der Waals surface area contributed by atoms with Crippen molar-refractivity contribution >= 4 is 0 Å². The number of rotatable bonds is 0. The second-order valence-corrected chi connectivity index (χ2v) is 1.15. The lowest BCUT2D eigenvalue weighted by atomic mass is 10.4. The fraction of sp³-hybridized carbons (Fsp3) is 1.00. The highest BCUT2D eigenvalue weighted by Crippen LogP contribution is 1.40. The third-order valence-corrected chi connectivity index (χ3v) is 0.667. The first-order chi connectivity index (χ1) is 4.61. The van der Waals surface area contributed by atoms with Gasteiger partial charge in [-0.05, 0) is 0 Å². The van der Waals surface area contributed by atoms with Gasteiger partial charge in [0.1, 0.15) is 26.1 Å². The van der Waals surface area contributed by atoms with E-state index in [2.05, 4.69) is 0 Å². The van der Waals surface area contributed by atoms with E-state index in [-0.39, 0.29) is 24.8 Å². The van der Waals surface area contributed by atoms with E-state index in [1.54, 1.807) is 0 Å². The van der Waals surface area contributed by atoms with Crippen molar-refractivity contribution < 1.29 is 40.9 Å². The van der Waals surface area contributed by atoms with Crippen LogP contribution in [-0.4, -0.2) is 26.1 Å². The minimum atomic E-state index is -0.607. The van der Waals surface area contributed by atoms with Crippen molar-refractivity contribution in [3.63, 3.8) is 0 Å². The first kappa shape index (κ1) is 4.34. The third kappa shape index (κ3) is 4.65. The van der Waals surface area contributed by atoms with Gasteiger partial charge in [0.2, 0.25) is 0 Å². The second-order valence-electron chi connectivity index (χ2n) is 1.15. The summed E-state index contributed by atoms with van der Waals surface area (Å²) in [7, 11) is 0. The summed E-state index contributed by atoms with van der Waals surface area (Å²) in [6.07, 6.45) is 0. The minimum absolute atomic E-state index is 0. The topological polar surface area (TPSA) is 33.2 Å². The van der Waals surface area contributed by atoms with Gasteiger partial charge in [0.15, 0.2) is 0 Å². The van der Waals surface area contributed by atoms with Gasteiger partial charge in [0, 0.05) is 0 Å². The SMILES string of the molecule is [2H]C1[NH2+]C([2H])C([2H])[NH2+]C1[2H].[Cl-].[Cl-]. The van der Waals surface area contributed by atoms with Crippen LogP contribution in [0.3, 0.4) is 0 Å². The number of piperazine rings is 1. The standard InChI is InChI=1S/C4H10N2.2ClH/c1-2-6-4-3-5-1;;/h5-6H,1-4H2;2*1H/i1D,2D,3D,4D;;. The van der Waals surface area contributed by atoms with Crippen molar-refractivity contribution in [3.8, 4) is 0 Å². The molecular formula is C4H12Cl2N2. The molecule has 1 aliphatic rings. The van der Waals surface area contributed by atoms with Crippen molar-refractivity contribution in [2.24, 2.45) is 0 Å². The van der Waals surface area contributed by atoms with Gasteiger partial charge >= 0.3 is 0 Å². The van der Waals surface area contributed by atoms with Gasteiger partial charge in [-0.3, -0.25) is 0 Å². The predicted molar refractivity (Wildman–Crippen MR) is 23.3 cm³/mol. The Hall–Kier alpha value is 0.500. The fourth-order valence-corrected chi connectivity index (χ4v) is 0.385. The molecule has 0 aromatic rings. The average Bonchev–Trinajstić information content (AvgIpc) is 1.84. The molecule has 1 heterocycles. The van der Waals surface area contributed by atoms with Gasteiger partial charge in [-0.25, -0.2) is 0 Å². The lowest BCUT2D eigenvalue weighted by molar-refractivity contribution is -0.787. The Morgan fingerprint density at radius 2 is 1.12 bits per heavy atom. The van der Waals surface area contributed by atoms with Crippen molar-refractivity contribution in [1.82, 2.24) is 0 Å². The molecule has 52 valence electrons. The summed E-state index contributed by atoms with van der Waals surface area (Å²) in [5.41, 5.74) is 0. The highest BCUT2D eigenvalue weighted by atomic mass is 35.5. The van der Waals surface area contributed by atoms with Gasteiger partial charge < -0.3 is 35.4 Å². The van der Waals surface area contributed by atoms with Gasteiger partial charge in [-0.1, -0.05) is 0 Å². The highest BCUT2D eigenvalue weighted by Gasteiger charge is 1.99. The maximum Gasteiger partial charge on any atom is 0.125 e. The molecule has 0 spiro atoms. The number of nitrogens with two attached hydrogens (primary N) is 2. The molecular weight excluding hydrogens is 147 g/mol. The first-order valence-electron chi connectivity index (χ1n) is 4.31. The molecule has 0 aliphatic carbocycles. The Morgan fingerprint density at radius 3 is 1.38 bits per heavy atom. The monoisotopic (exact) mass is 162 g/mol. The number of hydrogen-bond donors (Lipinski definition) is 2. The van der Waals surface area contributed by atoms with Crippen LogP contribution in [-0.2, 0) is 0 Å². The molecule has 2 nitrogen and oxygen atoms in total. The Kier molecular flexibility index (Phi) is 4.07. The molecule has 4 N–H and O–H groups in total. The summed E-state index contributed by atoms with van der Waals surface area (Å²) in [6.45, 7) is -2.43. The maximum absolute atomic E-state index is 7.22. The molecule has 0 aromatic heterocycles. The Balaban J connectivity index is 0. The quantitative estimate of drug-likeness (QED) is 0.355. The normalized spacial score (nSPS) is 62.0. The predicted octanol–water partition coefficient (Wildman–Crippen LogP) is -8.87. The van der Waals surface area contributed by atoms with Crippen LogP contribution >= 0.6 is 0 Å². The molecule has 4 heteroatoms. The Morgan fingerprint density at radius 1 is 0.875 bits per heavy atom. The van der Waals surface area contributed by atoms with Crippen molar-refractivity contribution in [2.75, 3.05) is 26.1 Å². The molecule has 0 aromatic carbocycles. The van der Waals surface area contributed by atoms with E-state index >= 15 is 0 Å². The number of quaternary nitrogens is 2. The van der Waals surface area contributed by atoms with E-state index in [0.29, 0.717) is 0 Å². The fourth-order valence-electron chi connectivity index (χ4n) is 0.385. The summed E-state index contributed by atoms with van der Waals surface area (Å²) in [6, 6.07) is 0. The van der Waals surface area contributed by atoms with Gasteiger partial charge in [-0.15, -0.1) is 0 Å². The van der Waals surface area contributed by atoms with Gasteiger partial charge in [0.25, 0.3) is 0 Å². The first-order valence-corrected chi connectivity index (χ1v) is 2.00. The minimum Gasteiger partial charge on any atom is -1.00 e. The summed E-state index contributed by atoms with van der Waals surface area (Å²) in [5.74, 6) is 0. The van der Waals surface area contributed by atoms with Crippen LogP contribution in [0.25, 0.3) is 0 Å². The molecule has 0 bridgehead atoms. The number of hydrogen-bond acceptors (Lipinski definition) is 0. The molecule has 1 saturated heterocycles. The van der Waals surface area contributed by atoms with E-state index in [4.69, 9.17) is 5.48 Å². The van der Waals surface area contributed by atoms with E-state index < -0.39 is 26.1 Å². The van der Waals surface area contributed by atoms with Crippen LogP contribution in [0.2, 0.25) is 0 Å². The Labute approximate surface area is 67.9 Å². The molecule has 1 fully saturated rings. The molecule has 4 atom stereocenters. The Bertz CT molecular complexity index is 104. The van der Waals surface area contributed by atoms with E-state index in [0.717, 1.165) is 0 Å². The van der Waals surface area contributed by atoms with Crippen LogP contribution in [0.1, 0.15) is 5.48 Å². The molecule has 1 aliphatic heterocycles. The molecule has 0 radical (unpaired) electrons. The van der Waals surface area contributed by atoms with Crippen molar-refractivity contribution in [3.05, 3.63) is 0 Å². The molecule has 0 saturated carbocycles. The maximum atomic E-state index is 7.22. The zero-order valence-corrected chi connectivity index (χ0v) is 5.73. The van der Waals surface area contributed by atoms with Crippen LogP contribution in [0.4, 0.5) is 0 Å². The van der Waals surface area contributed by atoms with Gasteiger partial charge in [-0.2, -0.15) is 0 Å². The largest absolute Gasteiger partial charge is 1.00 e. The summed E-state index contributed by atoms with van der Waals surface area (Å²) >= 11 is 0. The van der Waals surface area contributed by atoms with Crippen LogP contribution in [0, 0.1) is 0 Å². The highest BCUT2D eigenvalue weighted by molar-refractivity contribution is 4.23. The smallest absolute Gasteiger partial charge is 0.125 e. The van der Waals surface area contributed by atoms with Crippen LogP contribution in [0.15, 0.2) is 0 Å². The van der Waals surface area contributed by atoms with E-state index in [1.807, 2.05) is 0 Å².